The Morgan fingerprint density at radius 3 is 2.22 bits per heavy atom. The van der Waals surface area contributed by atoms with E-state index in [1.165, 1.54) is 0 Å². The summed E-state index contributed by atoms with van der Waals surface area (Å²) in [7, 11) is 0. The molecule has 2 aromatic carbocycles. The highest BCUT2D eigenvalue weighted by molar-refractivity contribution is 6.54. The molecule has 0 amide bonds. The monoisotopic (exact) mass is 567 g/mol. The van der Waals surface area contributed by atoms with E-state index in [9.17, 15) is 14.7 Å². The zero-order chi connectivity index (χ0) is 26.6. The van der Waals surface area contributed by atoms with Crippen LogP contribution in [-0.2, 0) is 4.74 Å². The number of fused-ring (bicyclic) bond motifs is 2. The summed E-state index contributed by atoms with van der Waals surface area (Å²) in [5, 5.41) is 10.8. The third-order valence-electron chi connectivity index (χ3n) is 6.13. The fourth-order valence-electron chi connectivity index (χ4n) is 4.34. The van der Waals surface area contributed by atoms with Crippen molar-refractivity contribution in [1.29, 1.82) is 0 Å². The lowest BCUT2D eigenvalue weighted by molar-refractivity contribution is 0.0518. The maximum atomic E-state index is 13.2. The van der Waals surface area contributed by atoms with Crippen LogP contribution in [0.5, 0.6) is 5.75 Å². The van der Waals surface area contributed by atoms with Crippen molar-refractivity contribution in [3.05, 3.63) is 70.3 Å². The normalized spacial score (nSPS) is 11.5. The molecule has 2 aliphatic rings. The Balaban J connectivity index is 2.34. The standard InChI is InChI=1S/C26H21Cl4NO5/c1-9-7-13-15(16-17(26(34)35-6-5-31)19(28)21(30)20(29)18(16)27)14-8-10(2)23(33)12(4)25(14)36-24(13)11(3)22(9)32/h7-8,32H,5-6,31H2,1-4H3. The van der Waals surface area contributed by atoms with Crippen LogP contribution in [0.25, 0.3) is 33.4 Å². The number of rotatable bonds is 4. The van der Waals surface area contributed by atoms with Gasteiger partial charge in [-0.05, 0) is 51.0 Å². The van der Waals surface area contributed by atoms with Gasteiger partial charge in [0.15, 0.2) is 5.43 Å². The first-order valence-corrected chi connectivity index (χ1v) is 12.4. The Labute approximate surface area is 226 Å². The first-order valence-electron chi connectivity index (χ1n) is 10.9. The first kappa shape index (κ1) is 26.6. The average Bonchev–Trinajstić information content (AvgIpc) is 2.85. The second-order valence-electron chi connectivity index (χ2n) is 8.48. The van der Waals surface area contributed by atoms with E-state index in [1.807, 2.05) is 0 Å². The third-order valence-corrected chi connectivity index (χ3v) is 7.94. The van der Waals surface area contributed by atoms with Gasteiger partial charge in [0.2, 0.25) is 0 Å². The topological polar surface area (TPSA) is 103 Å². The van der Waals surface area contributed by atoms with Crippen molar-refractivity contribution in [3.63, 3.8) is 0 Å². The molecule has 0 radical (unpaired) electrons. The maximum absolute atomic E-state index is 13.2. The summed E-state index contributed by atoms with van der Waals surface area (Å²) in [4.78, 5) is 26.1. The number of hydrogen-bond donors (Lipinski definition) is 2. The molecule has 36 heavy (non-hydrogen) atoms. The first-order chi connectivity index (χ1) is 16.9. The highest BCUT2D eigenvalue weighted by Crippen LogP contribution is 2.52. The molecule has 10 heteroatoms. The average molecular weight is 569 g/mol. The van der Waals surface area contributed by atoms with Gasteiger partial charge in [-0.1, -0.05) is 46.4 Å². The SMILES string of the molecule is Cc1cc2c(-c3c(Cl)c(Cl)c(Cl)c(Cl)c3C(=O)OCCN)c3cc(C)c(=O)c(C)c-3oc2c(C)c1O. The Kier molecular flexibility index (Phi) is 7.21. The zero-order valence-electron chi connectivity index (χ0n) is 19.7. The van der Waals surface area contributed by atoms with Crippen LogP contribution in [0.1, 0.15) is 32.6 Å². The van der Waals surface area contributed by atoms with Gasteiger partial charge < -0.3 is 20.0 Å². The van der Waals surface area contributed by atoms with E-state index in [2.05, 4.69) is 0 Å². The molecule has 4 rings (SSSR count). The van der Waals surface area contributed by atoms with Gasteiger partial charge in [0.05, 0.1) is 25.7 Å². The molecular formula is C26H21Cl4NO5. The minimum absolute atomic E-state index is 0.0320. The highest BCUT2D eigenvalue weighted by atomic mass is 35.5. The van der Waals surface area contributed by atoms with Gasteiger partial charge in [0.25, 0.3) is 0 Å². The van der Waals surface area contributed by atoms with Crippen molar-refractivity contribution in [2.45, 2.75) is 27.7 Å². The summed E-state index contributed by atoms with van der Waals surface area (Å²) in [6.45, 7) is 6.75. The van der Waals surface area contributed by atoms with Crippen molar-refractivity contribution >= 4 is 63.3 Å². The summed E-state index contributed by atoms with van der Waals surface area (Å²) in [5.41, 5.74) is 8.38. The molecule has 3 N–H and O–H groups in total. The maximum Gasteiger partial charge on any atom is 0.340 e. The Hall–Kier alpha value is -2.48. The number of esters is 1. The van der Waals surface area contributed by atoms with E-state index < -0.39 is 5.97 Å². The van der Waals surface area contributed by atoms with Crippen molar-refractivity contribution in [3.8, 4) is 28.2 Å². The molecule has 0 saturated carbocycles. The van der Waals surface area contributed by atoms with Crippen molar-refractivity contribution in [2.75, 3.05) is 13.2 Å². The second kappa shape index (κ2) is 9.77. The lowest BCUT2D eigenvalue weighted by atomic mass is 9.87. The van der Waals surface area contributed by atoms with Gasteiger partial charge in [-0.3, -0.25) is 4.79 Å². The summed E-state index contributed by atoms with van der Waals surface area (Å²) in [6.07, 6.45) is 0. The number of phenolic OH excluding ortho intramolecular Hbond substituents is 1. The molecule has 1 aliphatic heterocycles. The van der Waals surface area contributed by atoms with Crippen molar-refractivity contribution in [2.24, 2.45) is 5.73 Å². The van der Waals surface area contributed by atoms with Crippen LogP contribution in [0.2, 0.25) is 20.1 Å². The summed E-state index contributed by atoms with van der Waals surface area (Å²) in [5.74, 6) is -0.507. The number of ether oxygens (including phenoxy) is 1. The van der Waals surface area contributed by atoms with Gasteiger partial charge in [-0.2, -0.15) is 0 Å². The number of hydrogen-bond acceptors (Lipinski definition) is 6. The van der Waals surface area contributed by atoms with Gasteiger partial charge in [0, 0.05) is 39.7 Å². The molecule has 1 aliphatic carbocycles. The van der Waals surface area contributed by atoms with Crippen LogP contribution in [0, 0.1) is 27.7 Å². The number of aryl methyl sites for hydroxylation is 3. The van der Waals surface area contributed by atoms with Crippen molar-refractivity contribution in [1.82, 2.24) is 0 Å². The van der Waals surface area contributed by atoms with E-state index in [-0.39, 0.29) is 61.3 Å². The number of phenols is 1. The number of nitrogens with two attached hydrogens (primary N) is 1. The lowest BCUT2D eigenvalue weighted by Gasteiger charge is -2.23. The van der Waals surface area contributed by atoms with Crippen LogP contribution in [0.3, 0.4) is 0 Å². The Morgan fingerprint density at radius 2 is 1.58 bits per heavy atom. The Bertz CT molecular complexity index is 1610. The van der Waals surface area contributed by atoms with E-state index in [1.54, 1.807) is 39.8 Å². The van der Waals surface area contributed by atoms with E-state index in [0.29, 0.717) is 44.3 Å². The molecule has 0 fully saturated rings. The fraction of sp³-hybridized carbons (Fsp3) is 0.231. The highest BCUT2D eigenvalue weighted by Gasteiger charge is 2.32. The summed E-state index contributed by atoms with van der Waals surface area (Å²) < 4.78 is 11.5. The zero-order valence-corrected chi connectivity index (χ0v) is 22.8. The quantitative estimate of drug-likeness (QED) is 0.116. The van der Waals surface area contributed by atoms with E-state index in [0.717, 1.165) is 0 Å². The van der Waals surface area contributed by atoms with Crippen LogP contribution < -0.4 is 11.2 Å². The third kappa shape index (κ3) is 4.01. The van der Waals surface area contributed by atoms with Crippen LogP contribution >= 0.6 is 46.4 Å². The molecule has 0 atom stereocenters. The summed E-state index contributed by atoms with van der Waals surface area (Å²) in [6, 6.07) is 3.36. The van der Waals surface area contributed by atoms with E-state index in [4.69, 9.17) is 61.3 Å². The lowest BCUT2D eigenvalue weighted by Crippen LogP contribution is -2.16. The van der Waals surface area contributed by atoms with E-state index >= 15 is 0 Å². The predicted octanol–water partition coefficient (Wildman–Crippen LogP) is 7.23. The molecule has 1 heterocycles. The number of halogens is 4. The fourth-order valence-corrected chi connectivity index (χ4v) is 5.36. The molecule has 188 valence electrons. The van der Waals surface area contributed by atoms with Gasteiger partial charge in [-0.25, -0.2) is 4.79 Å². The predicted molar refractivity (Wildman–Crippen MR) is 145 cm³/mol. The van der Waals surface area contributed by atoms with Crippen LogP contribution in [-0.4, -0.2) is 24.2 Å². The van der Waals surface area contributed by atoms with Gasteiger partial charge >= 0.3 is 5.97 Å². The molecule has 6 nitrogen and oxygen atoms in total. The van der Waals surface area contributed by atoms with Crippen molar-refractivity contribution < 1.29 is 19.1 Å². The van der Waals surface area contributed by atoms with Crippen LogP contribution in [0.4, 0.5) is 0 Å². The Morgan fingerprint density at radius 1 is 0.944 bits per heavy atom. The number of aromatic hydroxyl groups is 1. The largest absolute Gasteiger partial charge is 0.507 e. The summed E-state index contributed by atoms with van der Waals surface area (Å²) >= 11 is 26.1. The molecule has 2 aromatic rings. The number of benzene rings is 3. The van der Waals surface area contributed by atoms with Gasteiger partial charge in [0.1, 0.15) is 23.7 Å². The molecule has 0 saturated heterocycles. The minimum Gasteiger partial charge on any atom is -0.507 e. The minimum atomic E-state index is -0.802. The smallest absolute Gasteiger partial charge is 0.340 e. The van der Waals surface area contributed by atoms with Gasteiger partial charge in [-0.15, -0.1) is 0 Å². The molecule has 0 unspecified atom stereocenters. The molecule has 0 spiro atoms. The number of carbonyl (C=O) groups excluding carboxylic acids is 1. The molecular weight excluding hydrogens is 548 g/mol. The second-order valence-corrected chi connectivity index (χ2v) is 9.99. The molecule has 0 bridgehead atoms. The number of carbonyl (C=O) groups is 1. The van der Waals surface area contributed by atoms with Crippen LogP contribution in [0.15, 0.2) is 21.3 Å². The molecule has 0 aromatic heterocycles.